The van der Waals surface area contributed by atoms with E-state index in [1.165, 1.54) is 0 Å². The Morgan fingerprint density at radius 3 is 2.23 bits per heavy atom. The lowest BCUT2D eigenvalue weighted by Crippen LogP contribution is -2.29. The van der Waals surface area contributed by atoms with Gasteiger partial charge in [-0.15, -0.1) is 0 Å². The lowest BCUT2D eigenvalue weighted by Gasteiger charge is -2.13. The van der Waals surface area contributed by atoms with E-state index in [9.17, 15) is 27.2 Å². The number of carboxylic acid groups (broad SMARTS) is 1. The highest BCUT2D eigenvalue weighted by atomic mass is 19.4. The number of aliphatic carboxylic acids is 1. The third-order valence-electron chi connectivity index (χ3n) is 2.84. The van der Waals surface area contributed by atoms with Crippen LogP contribution < -0.4 is 5.01 Å². The molecule has 0 saturated carbocycles. The van der Waals surface area contributed by atoms with E-state index in [1.807, 2.05) is 0 Å². The van der Waals surface area contributed by atoms with E-state index in [4.69, 9.17) is 5.11 Å². The van der Waals surface area contributed by atoms with Gasteiger partial charge in [0.2, 0.25) is 0 Å². The maximum absolute atomic E-state index is 12.8. The summed E-state index contributed by atoms with van der Waals surface area (Å²) in [4.78, 5) is 22.9. The Hall–Kier alpha value is -2.71. The summed E-state index contributed by atoms with van der Waals surface area (Å²) in [5.41, 5.74) is -3.38. The monoisotopic (exact) mass is 316 g/mol. The average Bonchev–Trinajstić information content (AvgIpc) is 2.66. The molecule has 0 aromatic heterocycles. The molecule has 1 aromatic carbocycles. The Bertz CT molecular complexity index is 705. The number of rotatable bonds is 2. The van der Waals surface area contributed by atoms with Gasteiger partial charge >= 0.3 is 12.1 Å². The Morgan fingerprint density at radius 1 is 1.23 bits per heavy atom. The lowest BCUT2D eigenvalue weighted by molar-refractivity contribution is -0.145. The van der Waals surface area contributed by atoms with Crippen LogP contribution in [0.4, 0.5) is 23.2 Å². The quantitative estimate of drug-likeness (QED) is 0.673. The van der Waals surface area contributed by atoms with Crippen molar-refractivity contribution in [3.8, 4) is 0 Å². The number of carbonyl (C=O) groups is 2. The van der Waals surface area contributed by atoms with Crippen molar-refractivity contribution in [3.63, 3.8) is 0 Å². The molecule has 116 valence electrons. The predicted octanol–water partition coefficient (Wildman–Crippen LogP) is 2.49. The predicted molar refractivity (Wildman–Crippen MR) is 67.7 cm³/mol. The maximum atomic E-state index is 12.8. The Morgan fingerprint density at radius 2 is 1.77 bits per heavy atom. The number of anilines is 1. The van der Waals surface area contributed by atoms with E-state index >= 15 is 0 Å². The van der Waals surface area contributed by atoms with Crippen molar-refractivity contribution in [1.82, 2.24) is 0 Å². The highest BCUT2D eigenvalue weighted by Crippen LogP contribution is 2.33. The molecule has 0 bridgehead atoms. The highest BCUT2D eigenvalue weighted by Gasteiger charge is 2.46. The number of hydrazone groups is 1. The molecule has 0 fully saturated rings. The smallest absolute Gasteiger partial charge is 0.424 e. The number of benzene rings is 1. The third kappa shape index (κ3) is 2.69. The SMILES string of the molecule is CC1=NN(c2ccc(F)cc2)C(=O)C1=C(C(=O)O)C(F)(F)F. The summed E-state index contributed by atoms with van der Waals surface area (Å²) >= 11 is 0. The Labute approximate surface area is 121 Å². The zero-order chi connectivity index (χ0) is 16.7. The van der Waals surface area contributed by atoms with Gasteiger partial charge in [-0.1, -0.05) is 0 Å². The largest absolute Gasteiger partial charge is 0.478 e. The van der Waals surface area contributed by atoms with Gasteiger partial charge in [0.25, 0.3) is 5.91 Å². The Balaban J connectivity index is 2.55. The summed E-state index contributed by atoms with van der Waals surface area (Å²) in [6, 6.07) is 4.27. The molecule has 1 aliphatic rings. The van der Waals surface area contributed by atoms with Crippen LogP contribution in [-0.4, -0.2) is 28.9 Å². The lowest BCUT2D eigenvalue weighted by atomic mass is 10.0. The zero-order valence-electron chi connectivity index (χ0n) is 11.0. The van der Waals surface area contributed by atoms with Crippen LogP contribution in [0.1, 0.15) is 6.92 Å². The van der Waals surface area contributed by atoms with Crippen LogP contribution in [0.15, 0.2) is 40.5 Å². The van der Waals surface area contributed by atoms with Crippen molar-refractivity contribution in [3.05, 3.63) is 41.2 Å². The van der Waals surface area contributed by atoms with Gasteiger partial charge in [0, 0.05) is 0 Å². The molecule has 5 nitrogen and oxygen atoms in total. The highest BCUT2D eigenvalue weighted by molar-refractivity contribution is 6.32. The molecule has 22 heavy (non-hydrogen) atoms. The minimum atomic E-state index is -5.22. The van der Waals surface area contributed by atoms with E-state index in [-0.39, 0.29) is 11.4 Å². The molecule has 1 amide bonds. The standard InChI is InChI=1S/C13H8F4N2O3/c1-6-9(10(12(21)22)13(15,16)17)11(20)19(18-6)8-4-2-7(14)3-5-8/h2-5H,1H3,(H,21,22). The summed E-state index contributed by atoms with van der Waals surface area (Å²) in [6.07, 6.45) is -5.22. The van der Waals surface area contributed by atoms with E-state index in [0.29, 0.717) is 5.01 Å². The molecule has 0 aliphatic carbocycles. The van der Waals surface area contributed by atoms with Crippen molar-refractivity contribution >= 4 is 23.3 Å². The molecule has 2 rings (SSSR count). The maximum Gasteiger partial charge on any atom is 0.424 e. The summed E-state index contributed by atoms with van der Waals surface area (Å²) in [5, 5.41) is 13.0. The molecule has 0 unspecified atom stereocenters. The van der Waals surface area contributed by atoms with E-state index in [2.05, 4.69) is 5.10 Å². The van der Waals surface area contributed by atoms with Gasteiger partial charge in [0.15, 0.2) is 5.57 Å². The van der Waals surface area contributed by atoms with Crippen molar-refractivity contribution in [1.29, 1.82) is 0 Å². The topological polar surface area (TPSA) is 70.0 Å². The van der Waals surface area contributed by atoms with E-state index in [0.717, 1.165) is 31.2 Å². The number of halogens is 4. The van der Waals surface area contributed by atoms with Crippen molar-refractivity contribution < 1.29 is 32.3 Å². The van der Waals surface area contributed by atoms with Gasteiger partial charge in [-0.2, -0.15) is 23.3 Å². The summed E-state index contributed by atoms with van der Waals surface area (Å²) in [5.74, 6) is -4.11. The van der Waals surface area contributed by atoms with Crippen molar-refractivity contribution in [2.75, 3.05) is 5.01 Å². The second-order valence-electron chi connectivity index (χ2n) is 4.33. The number of alkyl halides is 3. The average molecular weight is 316 g/mol. The summed E-state index contributed by atoms with van der Waals surface area (Å²) < 4.78 is 51.4. The van der Waals surface area contributed by atoms with Crippen LogP contribution in [0, 0.1) is 5.82 Å². The summed E-state index contributed by atoms with van der Waals surface area (Å²) in [7, 11) is 0. The molecule has 0 saturated heterocycles. The van der Waals surface area contributed by atoms with E-state index in [1.54, 1.807) is 0 Å². The number of nitrogens with zero attached hydrogens (tertiary/aromatic N) is 2. The number of hydrogen-bond donors (Lipinski definition) is 1. The van der Waals surface area contributed by atoms with Gasteiger partial charge in [0.1, 0.15) is 5.82 Å². The van der Waals surface area contributed by atoms with Crippen LogP contribution >= 0.6 is 0 Å². The van der Waals surface area contributed by atoms with Crippen LogP contribution in [0.25, 0.3) is 0 Å². The first-order valence-electron chi connectivity index (χ1n) is 5.83. The normalized spacial score (nSPS) is 17.6. The third-order valence-corrected chi connectivity index (χ3v) is 2.84. The van der Waals surface area contributed by atoms with E-state index < -0.39 is 35.0 Å². The van der Waals surface area contributed by atoms with Gasteiger partial charge < -0.3 is 5.11 Å². The molecule has 0 radical (unpaired) electrons. The number of carbonyl (C=O) groups excluding carboxylic acids is 1. The molecule has 1 N–H and O–H groups in total. The molecular weight excluding hydrogens is 308 g/mol. The van der Waals surface area contributed by atoms with Crippen molar-refractivity contribution in [2.45, 2.75) is 13.1 Å². The fraction of sp³-hybridized carbons (Fsp3) is 0.154. The van der Waals surface area contributed by atoms with Gasteiger partial charge in [0.05, 0.1) is 17.0 Å². The molecule has 9 heteroatoms. The number of hydrogen-bond acceptors (Lipinski definition) is 3. The van der Waals surface area contributed by atoms with Gasteiger partial charge in [-0.05, 0) is 31.2 Å². The molecule has 1 aromatic rings. The van der Waals surface area contributed by atoms with Gasteiger partial charge in [-0.25, -0.2) is 9.18 Å². The zero-order valence-corrected chi connectivity index (χ0v) is 11.0. The molecule has 1 heterocycles. The fourth-order valence-corrected chi connectivity index (χ4v) is 1.92. The van der Waals surface area contributed by atoms with Crippen LogP contribution in [0.2, 0.25) is 0 Å². The van der Waals surface area contributed by atoms with Crippen LogP contribution in [-0.2, 0) is 9.59 Å². The molecule has 1 aliphatic heterocycles. The second kappa shape index (κ2) is 5.24. The first-order valence-corrected chi connectivity index (χ1v) is 5.83. The molecule has 0 atom stereocenters. The minimum absolute atomic E-state index is 0.0210. The van der Waals surface area contributed by atoms with Gasteiger partial charge in [-0.3, -0.25) is 4.79 Å². The second-order valence-corrected chi connectivity index (χ2v) is 4.33. The number of carboxylic acids is 1. The fourth-order valence-electron chi connectivity index (χ4n) is 1.92. The van der Waals surface area contributed by atoms with Crippen LogP contribution in [0.5, 0.6) is 0 Å². The minimum Gasteiger partial charge on any atom is -0.478 e. The first-order chi connectivity index (χ1) is 10.1. The van der Waals surface area contributed by atoms with Crippen LogP contribution in [0.3, 0.4) is 0 Å². The first kappa shape index (κ1) is 15.7. The number of amides is 1. The Kier molecular flexibility index (Phi) is 3.74. The van der Waals surface area contributed by atoms with Crippen molar-refractivity contribution in [2.24, 2.45) is 5.10 Å². The molecular formula is C13H8F4N2O3. The summed E-state index contributed by atoms with van der Waals surface area (Å²) in [6.45, 7) is 1.09. The molecule has 0 spiro atoms.